The summed E-state index contributed by atoms with van der Waals surface area (Å²) in [6, 6.07) is 1.75. The van der Waals surface area contributed by atoms with Gasteiger partial charge in [0.1, 0.15) is 0 Å². The molecule has 1 aromatic rings. The molecule has 0 radical (unpaired) electrons. The fraction of sp³-hybridized carbons (Fsp3) is 0.467. The topological polar surface area (TPSA) is 66.8 Å². The molecule has 1 saturated heterocycles. The number of likely N-dealkylation sites (N-methyl/N-ethyl adjacent to an activating group) is 1. The van der Waals surface area contributed by atoms with Gasteiger partial charge in [-0.15, -0.1) is 11.3 Å². The summed E-state index contributed by atoms with van der Waals surface area (Å²) >= 11 is 1.32. The van der Waals surface area contributed by atoms with Crippen molar-refractivity contribution in [3.05, 3.63) is 28.0 Å². The Hall–Kier alpha value is -1.66. The smallest absolute Gasteiger partial charge is 0.328 e. The number of carbonyl (C=O) groups excluding carboxylic acids is 1. The third-order valence-electron chi connectivity index (χ3n) is 3.39. The minimum Gasteiger partial charge on any atom is -0.478 e. The SMILES string of the molecule is CN(CC1CCCCO1)C(=O)c1sccc1C=CC(=O)O. The number of aliphatic carboxylic acids is 1. The third kappa shape index (κ3) is 4.41. The summed E-state index contributed by atoms with van der Waals surface area (Å²) < 4.78 is 5.64. The maximum Gasteiger partial charge on any atom is 0.328 e. The quantitative estimate of drug-likeness (QED) is 0.849. The highest BCUT2D eigenvalue weighted by molar-refractivity contribution is 7.12. The highest BCUT2D eigenvalue weighted by atomic mass is 32.1. The van der Waals surface area contributed by atoms with Crippen LogP contribution in [0.5, 0.6) is 0 Å². The second-order valence-corrected chi connectivity index (χ2v) is 5.97. The Balaban J connectivity index is 2.01. The maximum atomic E-state index is 12.4. The lowest BCUT2D eigenvalue weighted by Crippen LogP contribution is -2.37. The van der Waals surface area contributed by atoms with Crippen LogP contribution in [0.25, 0.3) is 6.08 Å². The number of ether oxygens (including phenoxy) is 1. The molecule has 2 heterocycles. The van der Waals surface area contributed by atoms with E-state index in [-0.39, 0.29) is 12.0 Å². The van der Waals surface area contributed by atoms with E-state index in [1.54, 1.807) is 23.4 Å². The Labute approximate surface area is 127 Å². The molecule has 21 heavy (non-hydrogen) atoms. The summed E-state index contributed by atoms with van der Waals surface area (Å²) in [7, 11) is 1.75. The number of hydrogen-bond donors (Lipinski definition) is 1. The van der Waals surface area contributed by atoms with Crippen LogP contribution in [-0.4, -0.2) is 48.2 Å². The molecule has 2 rings (SSSR count). The van der Waals surface area contributed by atoms with Gasteiger partial charge in [-0.3, -0.25) is 4.79 Å². The number of hydrogen-bond acceptors (Lipinski definition) is 4. The van der Waals surface area contributed by atoms with Crippen molar-refractivity contribution in [1.29, 1.82) is 0 Å². The van der Waals surface area contributed by atoms with Gasteiger partial charge in [0.25, 0.3) is 5.91 Å². The van der Waals surface area contributed by atoms with Crippen LogP contribution >= 0.6 is 11.3 Å². The average molecular weight is 309 g/mol. The van der Waals surface area contributed by atoms with Gasteiger partial charge in [-0.1, -0.05) is 0 Å². The molecule has 0 saturated carbocycles. The number of rotatable bonds is 5. The van der Waals surface area contributed by atoms with E-state index in [0.29, 0.717) is 17.0 Å². The number of amides is 1. The van der Waals surface area contributed by atoms with Gasteiger partial charge in [-0.25, -0.2) is 4.79 Å². The number of carboxylic acid groups (broad SMARTS) is 1. The summed E-state index contributed by atoms with van der Waals surface area (Å²) in [5.41, 5.74) is 0.642. The van der Waals surface area contributed by atoms with Crippen LogP contribution in [0.2, 0.25) is 0 Å². The fourth-order valence-corrected chi connectivity index (χ4v) is 3.18. The molecule has 1 aliphatic heterocycles. The lowest BCUT2D eigenvalue weighted by atomic mass is 10.1. The van der Waals surface area contributed by atoms with Crippen LogP contribution < -0.4 is 0 Å². The second kappa shape index (κ2) is 7.38. The molecule has 1 atom stereocenters. The maximum absolute atomic E-state index is 12.4. The normalized spacial score (nSPS) is 18.8. The van der Waals surface area contributed by atoms with Crippen LogP contribution in [-0.2, 0) is 9.53 Å². The summed E-state index contributed by atoms with van der Waals surface area (Å²) in [5.74, 6) is -1.12. The summed E-state index contributed by atoms with van der Waals surface area (Å²) in [6.45, 7) is 1.33. The van der Waals surface area contributed by atoms with Gasteiger partial charge in [0.2, 0.25) is 0 Å². The lowest BCUT2D eigenvalue weighted by molar-refractivity contribution is -0.131. The molecule has 5 nitrogen and oxygen atoms in total. The monoisotopic (exact) mass is 309 g/mol. The minimum absolute atomic E-state index is 0.0933. The van der Waals surface area contributed by atoms with Gasteiger partial charge < -0.3 is 14.7 Å². The van der Waals surface area contributed by atoms with Crippen molar-refractivity contribution in [3.8, 4) is 0 Å². The highest BCUT2D eigenvalue weighted by Gasteiger charge is 2.21. The van der Waals surface area contributed by atoms with E-state index in [9.17, 15) is 9.59 Å². The molecule has 1 amide bonds. The van der Waals surface area contributed by atoms with Crippen molar-refractivity contribution in [1.82, 2.24) is 4.90 Å². The Morgan fingerprint density at radius 2 is 2.33 bits per heavy atom. The van der Waals surface area contributed by atoms with E-state index < -0.39 is 5.97 Å². The predicted octanol–water partition coefficient (Wildman–Crippen LogP) is 2.49. The second-order valence-electron chi connectivity index (χ2n) is 5.05. The van der Waals surface area contributed by atoms with E-state index >= 15 is 0 Å². The molecule has 1 N–H and O–H groups in total. The average Bonchev–Trinajstić information content (AvgIpc) is 2.93. The molecule has 1 aromatic heterocycles. The van der Waals surface area contributed by atoms with E-state index in [2.05, 4.69) is 0 Å². The number of carbonyl (C=O) groups is 2. The van der Waals surface area contributed by atoms with Crippen molar-refractivity contribution in [2.24, 2.45) is 0 Å². The van der Waals surface area contributed by atoms with E-state index in [4.69, 9.17) is 9.84 Å². The van der Waals surface area contributed by atoms with Gasteiger partial charge in [0.05, 0.1) is 11.0 Å². The zero-order valence-corrected chi connectivity index (χ0v) is 12.8. The van der Waals surface area contributed by atoms with Crippen molar-refractivity contribution >= 4 is 29.3 Å². The molecule has 6 heteroatoms. The van der Waals surface area contributed by atoms with E-state index in [1.807, 2.05) is 0 Å². The standard InChI is InChI=1S/C15H19NO4S/c1-16(10-12-4-2-3-8-20-12)15(19)14-11(7-9-21-14)5-6-13(17)18/h5-7,9,12H,2-4,8,10H2,1H3,(H,17,18). The molecule has 1 fully saturated rings. The first-order valence-electron chi connectivity index (χ1n) is 6.93. The minimum atomic E-state index is -1.02. The molecule has 0 bridgehead atoms. The van der Waals surface area contributed by atoms with Crippen LogP contribution in [0.1, 0.15) is 34.5 Å². The fourth-order valence-electron chi connectivity index (χ4n) is 2.30. The molecule has 1 aliphatic rings. The number of thiophene rings is 1. The Kier molecular flexibility index (Phi) is 5.52. The summed E-state index contributed by atoms with van der Waals surface area (Å²) in [4.78, 5) is 25.2. The number of carboxylic acids is 1. The largest absolute Gasteiger partial charge is 0.478 e. The van der Waals surface area contributed by atoms with E-state index in [1.165, 1.54) is 17.4 Å². The first kappa shape index (κ1) is 15.7. The van der Waals surface area contributed by atoms with Gasteiger partial charge in [0, 0.05) is 26.3 Å². The molecule has 114 valence electrons. The van der Waals surface area contributed by atoms with Crippen molar-refractivity contribution in [2.45, 2.75) is 25.4 Å². The zero-order chi connectivity index (χ0) is 15.2. The predicted molar refractivity (Wildman–Crippen MR) is 81.5 cm³/mol. The van der Waals surface area contributed by atoms with Gasteiger partial charge in [0.15, 0.2) is 0 Å². The third-order valence-corrected chi connectivity index (χ3v) is 4.31. The number of nitrogens with zero attached hydrogens (tertiary/aromatic N) is 1. The summed E-state index contributed by atoms with van der Waals surface area (Å²) in [5, 5.41) is 10.5. The van der Waals surface area contributed by atoms with Crippen molar-refractivity contribution in [3.63, 3.8) is 0 Å². The van der Waals surface area contributed by atoms with Crippen molar-refractivity contribution in [2.75, 3.05) is 20.2 Å². The lowest BCUT2D eigenvalue weighted by Gasteiger charge is -2.27. The highest BCUT2D eigenvalue weighted by Crippen LogP contribution is 2.21. The van der Waals surface area contributed by atoms with Gasteiger partial charge >= 0.3 is 5.97 Å². The van der Waals surface area contributed by atoms with Crippen LogP contribution in [0.15, 0.2) is 17.5 Å². The molecule has 0 aromatic carbocycles. The molecule has 0 spiro atoms. The van der Waals surface area contributed by atoms with Crippen LogP contribution in [0, 0.1) is 0 Å². The summed E-state index contributed by atoms with van der Waals surface area (Å²) in [6.07, 6.45) is 5.81. The first-order valence-corrected chi connectivity index (χ1v) is 7.81. The van der Waals surface area contributed by atoms with E-state index in [0.717, 1.165) is 31.9 Å². The molecule has 0 aliphatic carbocycles. The molecular weight excluding hydrogens is 290 g/mol. The van der Waals surface area contributed by atoms with Gasteiger partial charge in [-0.05, 0) is 42.3 Å². The molecule has 1 unspecified atom stereocenters. The Morgan fingerprint density at radius 1 is 1.52 bits per heavy atom. The zero-order valence-electron chi connectivity index (χ0n) is 11.9. The molecular formula is C15H19NO4S. The Morgan fingerprint density at radius 3 is 3.00 bits per heavy atom. The van der Waals surface area contributed by atoms with Gasteiger partial charge in [-0.2, -0.15) is 0 Å². The Bertz CT molecular complexity index is 532. The van der Waals surface area contributed by atoms with Crippen LogP contribution in [0.3, 0.4) is 0 Å². The van der Waals surface area contributed by atoms with Crippen molar-refractivity contribution < 1.29 is 19.4 Å². The first-order chi connectivity index (χ1) is 10.1. The van der Waals surface area contributed by atoms with Crippen LogP contribution in [0.4, 0.5) is 0 Å².